The van der Waals surface area contributed by atoms with Crippen LogP contribution in [0.2, 0.25) is 0 Å². The molecule has 0 saturated heterocycles. The van der Waals surface area contributed by atoms with Crippen LogP contribution in [0.4, 0.5) is 16.2 Å². The Labute approximate surface area is 213 Å². The van der Waals surface area contributed by atoms with Crippen molar-refractivity contribution in [3.63, 3.8) is 0 Å². The van der Waals surface area contributed by atoms with Crippen molar-refractivity contribution in [1.29, 1.82) is 0 Å². The van der Waals surface area contributed by atoms with Crippen LogP contribution in [0, 0.1) is 12.7 Å². The molecule has 1 aliphatic heterocycles. The second-order valence-electron chi connectivity index (χ2n) is 9.16. The summed E-state index contributed by atoms with van der Waals surface area (Å²) in [5.41, 5.74) is 12.7. The monoisotopic (exact) mass is 492 g/mol. The molecular weight excluding hydrogens is 467 g/mol. The van der Waals surface area contributed by atoms with Gasteiger partial charge in [-0.05, 0) is 60.0 Å². The Morgan fingerprint density at radius 1 is 0.973 bits per heavy atom. The predicted molar refractivity (Wildman–Crippen MR) is 142 cm³/mol. The molecule has 3 heterocycles. The number of rotatable bonds is 4. The van der Waals surface area contributed by atoms with Crippen molar-refractivity contribution < 1.29 is 9.13 Å². The number of aromatic nitrogens is 4. The minimum atomic E-state index is -0.245. The summed E-state index contributed by atoms with van der Waals surface area (Å²) in [7, 11) is 0. The fourth-order valence-corrected chi connectivity index (χ4v) is 4.76. The average Bonchev–Trinajstić information content (AvgIpc) is 3.12. The zero-order chi connectivity index (χ0) is 25.4. The lowest BCUT2D eigenvalue weighted by Gasteiger charge is -2.24. The van der Waals surface area contributed by atoms with Crippen molar-refractivity contribution in [2.45, 2.75) is 19.9 Å². The van der Waals surface area contributed by atoms with Crippen molar-refractivity contribution in [3.05, 3.63) is 101 Å². The molecule has 2 N–H and O–H groups in total. The highest BCUT2D eigenvalue weighted by molar-refractivity contribution is 5.84. The molecule has 0 bridgehead atoms. The van der Waals surface area contributed by atoms with Gasteiger partial charge in [0.25, 0.3) is 0 Å². The summed E-state index contributed by atoms with van der Waals surface area (Å²) in [6.45, 7) is 3.86. The van der Waals surface area contributed by atoms with Gasteiger partial charge in [-0.15, -0.1) is 0 Å². The molecule has 0 atom stereocenters. The van der Waals surface area contributed by atoms with Crippen LogP contribution in [0.25, 0.3) is 22.0 Å². The number of nitrogen functional groups attached to an aromatic ring is 1. The van der Waals surface area contributed by atoms with E-state index in [4.69, 9.17) is 10.5 Å². The first-order valence-corrected chi connectivity index (χ1v) is 12.1. The predicted octanol–water partition coefficient (Wildman–Crippen LogP) is 5.11. The maximum absolute atomic E-state index is 13.5. The number of anilines is 2. The second-order valence-corrected chi connectivity index (χ2v) is 9.16. The lowest BCUT2D eigenvalue weighted by molar-refractivity contribution is 0.331. The minimum absolute atomic E-state index is 0.245. The van der Waals surface area contributed by atoms with Gasteiger partial charge in [0.15, 0.2) is 0 Å². The highest BCUT2D eigenvalue weighted by atomic mass is 19.1. The standard InChI is InChI=1S/C29H25FN6O/c1-18-25(12-19-2-6-24(30)7-3-19)28(34-17-33-18)36-10-11-37-27-9-5-21(14-23(27)16-36)20-4-8-26-22(13-20)15-32-29(31)35-26/h2-9,13-15,17H,10-12,16H2,1H3,(H2,31,32,35). The van der Waals surface area contributed by atoms with Crippen LogP contribution in [-0.4, -0.2) is 33.1 Å². The molecular formula is C29H25FN6O. The molecule has 7 nitrogen and oxygen atoms in total. The summed E-state index contributed by atoms with van der Waals surface area (Å²) in [6, 6.07) is 18.9. The van der Waals surface area contributed by atoms with Crippen LogP contribution in [-0.2, 0) is 13.0 Å². The van der Waals surface area contributed by atoms with Crippen LogP contribution in [0.3, 0.4) is 0 Å². The number of ether oxygens (including phenoxy) is 1. The van der Waals surface area contributed by atoms with Gasteiger partial charge in [0, 0.05) is 41.4 Å². The highest BCUT2D eigenvalue weighted by Gasteiger charge is 2.21. The fourth-order valence-electron chi connectivity index (χ4n) is 4.76. The second kappa shape index (κ2) is 9.46. The molecule has 0 radical (unpaired) electrons. The molecule has 3 aromatic carbocycles. The number of nitrogens with zero attached hydrogens (tertiary/aromatic N) is 5. The number of nitrogens with two attached hydrogens (primary N) is 1. The number of aryl methyl sites for hydroxylation is 1. The summed E-state index contributed by atoms with van der Waals surface area (Å²) in [5, 5.41) is 0.932. The maximum atomic E-state index is 13.5. The molecule has 0 saturated carbocycles. The van der Waals surface area contributed by atoms with Gasteiger partial charge in [-0.2, -0.15) is 0 Å². The van der Waals surface area contributed by atoms with E-state index in [0.717, 1.165) is 56.0 Å². The van der Waals surface area contributed by atoms with E-state index in [0.29, 0.717) is 26.1 Å². The van der Waals surface area contributed by atoms with Crippen LogP contribution < -0.4 is 15.4 Å². The molecule has 184 valence electrons. The number of halogens is 1. The topological polar surface area (TPSA) is 90.0 Å². The molecule has 5 aromatic rings. The molecule has 2 aromatic heterocycles. The highest BCUT2D eigenvalue weighted by Crippen LogP contribution is 2.33. The smallest absolute Gasteiger partial charge is 0.220 e. The lowest BCUT2D eigenvalue weighted by Crippen LogP contribution is -2.28. The maximum Gasteiger partial charge on any atom is 0.220 e. The van der Waals surface area contributed by atoms with E-state index in [2.05, 4.69) is 43.0 Å². The zero-order valence-corrected chi connectivity index (χ0v) is 20.4. The summed E-state index contributed by atoms with van der Waals surface area (Å²) >= 11 is 0. The van der Waals surface area contributed by atoms with Gasteiger partial charge in [-0.1, -0.05) is 24.3 Å². The molecule has 0 aliphatic carbocycles. The van der Waals surface area contributed by atoms with E-state index in [1.165, 1.54) is 12.1 Å². The van der Waals surface area contributed by atoms with Crippen molar-refractivity contribution in [2.24, 2.45) is 0 Å². The molecule has 0 spiro atoms. The first-order chi connectivity index (χ1) is 18.0. The number of hydrogen-bond acceptors (Lipinski definition) is 7. The summed E-state index contributed by atoms with van der Waals surface area (Å²) in [5.74, 6) is 1.76. The van der Waals surface area contributed by atoms with E-state index in [1.807, 2.05) is 37.3 Å². The Morgan fingerprint density at radius 3 is 2.65 bits per heavy atom. The molecule has 6 rings (SSSR count). The quantitative estimate of drug-likeness (QED) is 0.373. The van der Waals surface area contributed by atoms with Crippen LogP contribution in [0.15, 0.2) is 73.2 Å². The van der Waals surface area contributed by atoms with E-state index in [-0.39, 0.29) is 11.8 Å². The normalized spacial score (nSPS) is 13.2. The molecule has 0 amide bonds. The summed E-state index contributed by atoms with van der Waals surface area (Å²) in [6.07, 6.45) is 3.97. The number of benzene rings is 3. The van der Waals surface area contributed by atoms with E-state index in [9.17, 15) is 4.39 Å². The lowest BCUT2D eigenvalue weighted by atomic mass is 10.0. The molecule has 37 heavy (non-hydrogen) atoms. The van der Waals surface area contributed by atoms with Crippen LogP contribution in [0.1, 0.15) is 22.4 Å². The Kier molecular flexibility index (Phi) is 5.84. The van der Waals surface area contributed by atoms with Crippen molar-refractivity contribution in [1.82, 2.24) is 19.9 Å². The van der Waals surface area contributed by atoms with Gasteiger partial charge in [-0.25, -0.2) is 24.3 Å². The Morgan fingerprint density at radius 2 is 1.78 bits per heavy atom. The summed E-state index contributed by atoms with van der Waals surface area (Å²) < 4.78 is 19.6. The van der Waals surface area contributed by atoms with Crippen molar-refractivity contribution in [2.75, 3.05) is 23.8 Å². The summed E-state index contributed by atoms with van der Waals surface area (Å²) in [4.78, 5) is 19.8. The largest absolute Gasteiger partial charge is 0.491 e. The van der Waals surface area contributed by atoms with Crippen LogP contribution >= 0.6 is 0 Å². The first-order valence-electron chi connectivity index (χ1n) is 12.1. The van der Waals surface area contributed by atoms with Gasteiger partial charge in [-0.3, -0.25) is 0 Å². The zero-order valence-electron chi connectivity index (χ0n) is 20.4. The van der Waals surface area contributed by atoms with Gasteiger partial charge in [0.1, 0.15) is 30.3 Å². The van der Waals surface area contributed by atoms with Gasteiger partial charge in [0.2, 0.25) is 5.95 Å². The van der Waals surface area contributed by atoms with E-state index >= 15 is 0 Å². The number of fused-ring (bicyclic) bond motifs is 2. The Hall–Kier alpha value is -4.59. The molecule has 0 fully saturated rings. The Balaban J connectivity index is 1.34. The third-order valence-electron chi connectivity index (χ3n) is 6.70. The molecule has 0 unspecified atom stereocenters. The third-order valence-corrected chi connectivity index (χ3v) is 6.70. The van der Waals surface area contributed by atoms with Crippen molar-refractivity contribution >= 4 is 22.7 Å². The van der Waals surface area contributed by atoms with Crippen molar-refractivity contribution in [3.8, 4) is 16.9 Å². The van der Waals surface area contributed by atoms with Gasteiger partial charge < -0.3 is 15.4 Å². The van der Waals surface area contributed by atoms with Gasteiger partial charge in [0.05, 0.1) is 12.1 Å². The number of hydrogen-bond donors (Lipinski definition) is 1. The molecule has 1 aliphatic rings. The average molecular weight is 493 g/mol. The minimum Gasteiger partial charge on any atom is -0.491 e. The van der Waals surface area contributed by atoms with Crippen LogP contribution in [0.5, 0.6) is 5.75 Å². The fraction of sp³-hybridized carbons (Fsp3) is 0.172. The SMILES string of the molecule is Cc1ncnc(N2CCOc3ccc(-c4ccc5nc(N)ncc5c4)cc3C2)c1Cc1ccc(F)cc1. The third kappa shape index (κ3) is 4.65. The van der Waals surface area contributed by atoms with E-state index in [1.54, 1.807) is 12.5 Å². The first kappa shape index (κ1) is 22.8. The van der Waals surface area contributed by atoms with E-state index < -0.39 is 0 Å². The Bertz CT molecular complexity index is 1600. The van der Waals surface area contributed by atoms with Gasteiger partial charge >= 0.3 is 0 Å². The molecule has 8 heteroatoms.